The van der Waals surface area contributed by atoms with Gasteiger partial charge in [0.2, 0.25) is 0 Å². The maximum absolute atomic E-state index is 15.1. The van der Waals surface area contributed by atoms with Gasteiger partial charge in [0.15, 0.2) is 5.75 Å². The fourth-order valence-corrected chi connectivity index (χ4v) is 5.54. The first-order chi connectivity index (χ1) is 17.7. The zero-order valence-electron chi connectivity index (χ0n) is 20.3. The highest BCUT2D eigenvalue weighted by Crippen LogP contribution is 2.39. The molecule has 13 heteroatoms. The molecule has 0 amide bonds. The molecule has 1 N–H and O–H groups in total. The summed E-state index contributed by atoms with van der Waals surface area (Å²) in [6.45, 7) is 3.13. The Morgan fingerprint density at radius 1 is 1.26 bits per heavy atom. The standard InChI is InChI=1S/C25H25ClF4N2O5S/c1-24(23(33)34)8-5-18(6-9-24)32-10-7-15-12-20(31-13-17(15)14-32)19(27)11-16-3-2-4-21(22(16)26)37-38(35,36)25(28,29)30/h2-4,11-13,18H,5-10,14H2,1H3,(H,33,34)/b19-11-/t18-,24-. The van der Waals surface area contributed by atoms with Gasteiger partial charge in [0.25, 0.3) is 0 Å². The summed E-state index contributed by atoms with van der Waals surface area (Å²) in [6.07, 6.45) is 5.96. The molecule has 1 fully saturated rings. The monoisotopic (exact) mass is 576 g/mol. The van der Waals surface area contributed by atoms with Crippen molar-refractivity contribution in [1.82, 2.24) is 9.88 Å². The number of aromatic nitrogens is 1. The van der Waals surface area contributed by atoms with Gasteiger partial charge in [0, 0.05) is 25.3 Å². The summed E-state index contributed by atoms with van der Waals surface area (Å²) < 4.78 is 79.7. The molecular weight excluding hydrogens is 552 g/mol. The Balaban J connectivity index is 1.48. The molecule has 7 nitrogen and oxygen atoms in total. The maximum Gasteiger partial charge on any atom is 0.534 e. The molecule has 38 heavy (non-hydrogen) atoms. The fraction of sp³-hybridized carbons (Fsp3) is 0.440. The van der Waals surface area contributed by atoms with Crippen LogP contribution in [0.2, 0.25) is 5.02 Å². The number of halogens is 5. The van der Waals surface area contributed by atoms with Crippen molar-refractivity contribution in [3.63, 3.8) is 0 Å². The molecule has 0 unspecified atom stereocenters. The lowest BCUT2D eigenvalue weighted by Crippen LogP contribution is -2.44. The number of alkyl halides is 3. The quantitative estimate of drug-likeness (QED) is 0.263. The Kier molecular flexibility index (Phi) is 7.79. The van der Waals surface area contributed by atoms with E-state index in [1.807, 2.05) is 0 Å². The summed E-state index contributed by atoms with van der Waals surface area (Å²) >= 11 is 6.01. The van der Waals surface area contributed by atoms with Crippen molar-refractivity contribution in [3.8, 4) is 5.75 Å². The Morgan fingerprint density at radius 2 is 1.95 bits per heavy atom. The molecule has 0 spiro atoms. The number of hydrogen-bond acceptors (Lipinski definition) is 6. The number of carboxylic acid groups (broad SMARTS) is 1. The van der Waals surface area contributed by atoms with Gasteiger partial charge < -0.3 is 9.29 Å². The van der Waals surface area contributed by atoms with Gasteiger partial charge in [-0.15, -0.1) is 0 Å². The molecule has 4 rings (SSSR count). The summed E-state index contributed by atoms with van der Waals surface area (Å²) in [4.78, 5) is 18.0. The Labute approximate surface area is 222 Å². The fourth-order valence-electron chi connectivity index (χ4n) is 4.80. The first-order valence-electron chi connectivity index (χ1n) is 11.8. The first kappa shape index (κ1) is 28.3. The lowest BCUT2D eigenvalue weighted by Gasteiger charge is -2.41. The number of rotatable bonds is 6. The van der Waals surface area contributed by atoms with E-state index in [0.29, 0.717) is 25.8 Å². The van der Waals surface area contributed by atoms with Gasteiger partial charge in [-0.25, -0.2) is 4.39 Å². The summed E-state index contributed by atoms with van der Waals surface area (Å²) in [6, 6.07) is 5.28. The predicted molar refractivity (Wildman–Crippen MR) is 132 cm³/mol. The Bertz CT molecular complexity index is 1370. The van der Waals surface area contributed by atoms with E-state index in [0.717, 1.165) is 42.7 Å². The summed E-state index contributed by atoms with van der Waals surface area (Å²) in [5.41, 5.74) is -4.59. The number of hydrogen-bond donors (Lipinski definition) is 1. The zero-order valence-corrected chi connectivity index (χ0v) is 21.8. The topological polar surface area (TPSA) is 96.8 Å². The minimum Gasteiger partial charge on any atom is -0.481 e. The molecule has 1 aromatic carbocycles. The molecule has 1 aliphatic carbocycles. The second-order valence-electron chi connectivity index (χ2n) is 9.79. The minimum atomic E-state index is -5.94. The van der Waals surface area contributed by atoms with Crippen LogP contribution < -0.4 is 4.18 Å². The largest absolute Gasteiger partial charge is 0.534 e. The molecule has 0 atom stereocenters. The lowest BCUT2D eigenvalue weighted by molar-refractivity contribution is -0.150. The van der Waals surface area contributed by atoms with Gasteiger partial charge >= 0.3 is 21.6 Å². The van der Waals surface area contributed by atoms with E-state index in [1.165, 1.54) is 12.1 Å². The van der Waals surface area contributed by atoms with Gasteiger partial charge in [0.05, 0.1) is 16.1 Å². The lowest BCUT2D eigenvalue weighted by atomic mass is 9.73. The van der Waals surface area contributed by atoms with Crippen molar-refractivity contribution in [2.45, 2.75) is 57.1 Å². The van der Waals surface area contributed by atoms with Crippen molar-refractivity contribution in [1.29, 1.82) is 0 Å². The highest BCUT2D eigenvalue weighted by Gasteiger charge is 2.49. The van der Waals surface area contributed by atoms with Gasteiger partial charge in [-0.2, -0.15) is 21.6 Å². The molecule has 1 saturated carbocycles. The van der Waals surface area contributed by atoms with Gasteiger partial charge in [0.1, 0.15) is 5.83 Å². The van der Waals surface area contributed by atoms with E-state index in [9.17, 15) is 31.5 Å². The molecule has 2 heterocycles. The van der Waals surface area contributed by atoms with Crippen LogP contribution in [0, 0.1) is 5.41 Å². The van der Waals surface area contributed by atoms with Gasteiger partial charge in [-0.1, -0.05) is 23.7 Å². The van der Waals surface area contributed by atoms with Crippen LogP contribution in [0.1, 0.15) is 55.0 Å². The number of nitrogens with zero attached hydrogens (tertiary/aromatic N) is 2. The minimum absolute atomic E-state index is 0.00241. The molecular formula is C25H25ClF4N2O5S. The normalized spacial score (nSPS) is 23.1. The molecule has 1 aromatic heterocycles. The van der Waals surface area contributed by atoms with Crippen molar-refractivity contribution in [2.24, 2.45) is 5.41 Å². The van der Waals surface area contributed by atoms with Crippen LogP contribution in [0.25, 0.3) is 11.9 Å². The third-order valence-electron chi connectivity index (χ3n) is 7.22. The van der Waals surface area contributed by atoms with E-state index in [2.05, 4.69) is 14.1 Å². The Hall–Kier alpha value is -2.70. The molecule has 0 bridgehead atoms. The van der Waals surface area contributed by atoms with Crippen LogP contribution in [-0.4, -0.2) is 47.5 Å². The Morgan fingerprint density at radius 3 is 2.58 bits per heavy atom. The number of fused-ring (bicyclic) bond motifs is 1. The van der Waals surface area contributed by atoms with Crippen LogP contribution in [0.5, 0.6) is 5.75 Å². The van der Waals surface area contributed by atoms with Crippen molar-refractivity contribution < 1.29 is 40.1 Å². The molecule has 2 aliphatic rings. The summed E-state index contributed by atoms with van der Waals surface area (Å²) in [7, 11) is -5.94. The van der Waals surface area contributed by atoms with Gasteiger partial charge in [-0.05, 0) is 73.9 Å². The second-order valence-corrected chi connectivity index (χ2v) is 11.7. The third kappa shape index (κ3) is 5.81. The van der Waals surface area contributed by atoms with E-state index in [4.69, 9.17) is 11.6 Å². The highest BCUT2D eigenvalue weighted by atomic mass is 35.5. The van der Waals surface area contributed by atoms with E-state index in [-0.39, 0.29) is 17.3 Å². The van der Waals surface area contributed by atoms with Crippen LogP contribution in [0.3, 0.4) is 0 Å². The van der Waals surface area contributed by atoms with Crippen molar-refractivity contribution in [3.05, 3.63) is 57.9 Å². The van der Waals surface area contributed by atoms with Crippen LogP contribution in [0.15, 0.2) is 30.5 Å². The van der Waals surface area contributed by atoms with E-state index in [1.54, 1.807) is 19.2 Å². The number of carboxylic acids is 1. The van der Waals surface area contributed by atoms with Crippen LogP contribution in [0.4, 0.5) is 17.6 Å². The number of benzene rings is 1. The number of aliphatic carboxylic acids is 1. The molecule has 2 aromatic rings. The van der Waals surface area contributed by atoms with Crippen LogP contribution in [-0.2, 0) is 27.9 Å². The zero-order chi connectivity index (χ0) is 27.9. The number of carbonyl (C=O) groups is 1. The summed E-state index contributed by atoms with van der Waals surface area (Å²) in [5.74, 6) is -2.36. The predicted octanol–water partition coefficient (Wildman–Crippen LogP) is 5.82. The highest BCUT2D eigenvalue weighted by molar-refractivity contribution is 7.88. The smallest absolute Gasteiger partial charge is 0.481 e. The molecule has 0 radical (unpaired) electrons. The van der Waals surface area contributed by atoms with E-state index >= 15 is 4.39 Å². The molecule has 1 aliphatic heterocycles. The average Bonchev–Trinajstić information content (AvgIpc) is 2.85. The molecule has 206 valence electrons. The summed E-state index contributed by atoms with van der Waals surface area (Å²) in [5, 5.41) is 8.95. The van der Waals surface area contributed by atoms with Gasteiger partial charge in [-0.3, -0.25) is 14.7 Å². The third-order valence-corrected chi connectivity index (χ3v) is 8.59. The second kappa shape index (κ2) is 10.5. The van der Waals surface area contributed by atoms with E-state index < -0.39 is 43.6 Å². The SMILES string of the molecule is C[C@]1(C(=O)O)CC[C@H](N2CCc3cc(/C(F)=C/c4cccc(OS(=O)(=O)C(F)(F)F)c4Cl)ncc3C2)CC1. The average molecular weight is 577 g/mol. The van der Waals surface area contributed by atoms with Crippen molar-refractivity contribution in [2.75, 3.05) is 6.54 Å². The number of pyridine rings is 1. The first-order valence-corrected chi connectivity index (χ1v) is 13.6. The van der Waals surface area contributed by atoms with Crippen LogP contribution >= 0.6 is 11.6 Å². The van der Waals surface area contributed by atoms with Crippen molar-refractivity contribution >= 4 is 39.6 Å². The maximum atomic E-state index is 15.1. The molecule has 0 saturated heterocycles.